The minimum atomic E-state index is -0.745. The van der Waals surface area contributed by atoms with Crippen LogP contribution in [0.15, 0.2) is 65.6 Å². The minimum absolute atomic E-state index is 0.145. The highest BCUT2D eigenvalue weighted by Crippen LogP contribution is 2.37. The van der Waals surface area contributed by atoms with E-state index in [2.05, 4.69) is 0 Å². The van der Waals surface area contributed by atoms with Gasteiger partial charge in [0.05, 0.1) is 18.3 Å². The molecule has 2 aromatic carbocycles. The van der Waals surface area contributed by atoms with E-state index in [-0.39, 0.29) is 23.7 Å². The summed E-state index contributed by atoms with van der Waals surface area (Å²) in [5.74, 6) is 0. The van der Waals surface area contributed by atoms with Crippen LogP contribution >= 0.6 is 11.8 Å². The average Bonchev–Trinajstić information content (AvgIpc) is 3.07. The maximum Gasteiger partial charge on any atom is 0.494 e. The summed E-state index contributed by atoms with van der Waals surface area (Å²) in [7, 11) is -0.456. The lowest BCUT2D eigenvalue weighted by molar-refractivity contribution is -0.150. The van der Waals surface area contributed by atoms with E-state index in [4.69, 9.17) is 14.0 Å². The van der Waals surface area contributed by atoms with E-state index in [1.807, 2.05) is 67.6 Å². The number of thioether (sulfide) groups is 1. The third kappa shape index (κ3) is 3.12. The molecule has 2 aliphatic heterocycles. The molecule has 0 bridgehead atoms. The summed E-state index contributed by atoms with van der Waals surface area (Å²) in [6.07, 6.45) is -1.54. The lowest BCUT2D eigenvalue weighted by Crippen LogP contribution is -2.54. The zero-order chi connectivity index (χ0) is 16.5. The van der Waals surface area contributed by atoms with Crippen molar-refractivity contribution in [2.24, 2.45) is 0 Å². The summed E-state index contributed by atoms with van der Waals surface area (Å²) in [6.45, 7) is 1.97. The number of aliphatic hydroxyl groups excluding tert-OH is 1. The standard InChI is InChI=1S/C18H19BO4S/c1-12-16-17(23-19(22-16)13-8-4-2-5-9-13)15(20)18(21-12)24-14-10-6-3-7-11-14/h2-12,15-18,20H,1H3/t12-,15-,16+,17-,18+/m0/s1. The van der Waals surface area contributed by atoms with Crippen LogP contribution in [0.1, 0.15) is 6.92 Å². The van der Waals surface area contributed by atoms with Crippen molar-refractivity contribution in [3.63, 3.8) is 0 Å². The van der Waals surface area contributed by atoms with Gasteiger partial charge in [0, 0.05) is 4.90 Å². The van der Waals surface area contributed by atoms with Crippen LogP contribution in [0.25, 0.3) is 0 Å². The van der Waals surface area contributed by atoms with Gasteiger partial charge >= 0.3 is 7.12 Å². The highest BCUT2D eigenvalue weighted by molar-refractivity contribution is 7.99. The maximum atomic E-state index is 10.7. The van der Waals surface area contributed by atoms with Crippen molar-refractivity contribution in [3.8, 4) is 0 Å². The zero-order valence-corrected chi connectivity index (χ0v) is 14.1. The van der Waals surface area contributed by atoms with Gasteiger partial charge in [0.2, 0.25) is 0 Å². The van der Waals surface area contributed by atoms with Crippen LogP contribution in [-0.2, 0) is 14.0 Å². The van der Waals surface area contributed by atoms with Crippen molar-refractivity contribution < 1.29 is 19.2 Å². The fraction of sp³-hybridized carbons (Fsp3) is 0.333. The molecular formula is C18H19BO4S. The summed E-state index contributed by atoms with van der Waals surface area (Å²) in [6, 6.07) is 19.7. The topological polar surface area (TPSA) is 47.9 Å². The second kappa shape index (κ2) is 6.90. The first kappa shape index (κ1) is 16.2. The lowest BCUT2D eigenvalue weighted by Gasteiger charge is -2.39. The quantitative estimate of drug-likeness (QED) is 0.866. The minimum Gasteiger partial charge on any atom is -0.399 e. The summed E-state index contributed by atoms with van der Waals surface area (Å²) >= 11 is 1.51. The van der Waals surface area contributed by atoms with Gasteiger partial charge in [0.25, 0.3) is 0 Å². The van der Waals surface area contributed by atoms with Gasteiger partial charge in [0.1, 0.15) is 11.5 Å². The fourth-order valence-electron chi connectivity index (χ4n) is 3.15. The lowest BCUT2D eigenvalue weighted by atomic mass is 9.79. The van der Waals surface area contributed by atoms with E-state index in [0.717, 1.165) is 10.4 Å². The monoisotopic (exact) mass is 342 g/mol. The van der Waals surface area contributed by atoms with Crippen LogP contribution in [0.2, 0.25) is 0 Å². The first-order valence-corrected chi connectivity index (χ1v) is 9.01. The maximum absolute atomic E-state index is 10.7. The van der Waals surface area contributed by atoms with Gasteiger partial charge in [-0.3, -0.25) is 0 Å². The molecule has 24 heavy (non-hydrogen) atoms. The Morgan fingerprint density at radius 2 is 1.54 bits per heavy atom. The molecule has 0 unspecified atom stereocenters. The van der Waals surface area contributed by atoms with E-state index < -0.39 is 13.2 Å². The van der Waals surface area contributed by atoms with Crippen LogP contribution in [0, 0.1) is 0 Å². The van der Waals surface area contributed by atoms with Gasteiger partial charge in [-0.25, -0.2) is 0 Å². The van der Waals surface area contributed by atoms with E-state index in [9.17, 15) is 5.11 Å². The van der Waals surface area contributed by atoms with Crippen LogP contribution in [-0.4, -0.2) is 42.1 Å². The van der Waals surface area contributed by atoms with Crippen LogP contribution < -0.4 is 5.46 Å². The molecule has 4 nitrogen and oxygen atoms in total. The van der Waals surface area contributed by atoms with Gasteiger partial charge in [0.15, 0.2) is 0 Å². The second-order valence-electron chi connectivity index (χ2n) is 6.08. The zero-order valence-electron chi connectivity index (χ0n) is 13.3. The van der Waals surface area contributed by atoms with E-state index in [1.54, 1.807) is 0 Å². The number of fused-ring (bicyclic) bond motifs is 1. The molecule has 2 aromatic rings. The van der Waals surface area contributed by atoms with Crippen molar-refractivity contribution >= 4 is 24.3 Å². The van der Waals surface area contributed by atoms with Crippen LogP contribution in [0.3, 0.4) is 0 Å². The number of hydrogen-bond acceptors (Lipinski definition) is 5. The molecule has 2 heterocycles. The first-order valence-electron chi connectivity index (χ1n) is 8.13. The Hall–Kier alpha value is -1.31. The van der Waals surface area contributed by atoms with E-state index in [0.29, 0.717) is 0 Å². The molecule has 124 valence electrons. The molecule has 2 fully saturated rings. The Kier molecular flexibility index (Phi) is 4.65. The molecule has 0 aromatic heterocycles. The third-order valence-corrected chi connectivity index (χ3v) is 5.55. The molecule has 6 heteroatoms. The Morgan fingerprint density at radius 3 is 2.25 bits per heavy atom. The fourth-order valence-corrected chi connectivity index (χ4v) is 4.25. The Balaban J connectivity index is 1.50. The SMILES string of the molecule is C[C@@H]1O[C@H](Sc2ccccc2)[C@@H](O)[C@@H]2OB(c3ccccc3)O[C@@H]21. The normalized spacial score (nSPS) is 32.6. The Labute approximate surface area is 146 Å². The van der Waals surface area contributed by atoms with Gasteiger partial charge in [-0.1, -0.05) is 60.3 Å². The van der Waals surface area contributed by atoms with Crippen LogP contribution in [0.4, 0.5) is 0 Å². The van der Waals surface area contributed by atoms with Crippen LogP contribution in [0.5, 0.6) is 0 Å². The Morgan fingerprint density at radius 1 is 0.917 bits per heavy atom. The second-order valence-corrected chi connectivity index (χ2v) is 7.25. The number of ether oxygens (including phenoxy) is 1. The van der Waals surface area contributed by atoms with Gasteiger partial charge < -0.3 is 19.2 Å². The molecule has 0 amide bonds. The molecule has 2 saturated heterocycles. The Bertz CT molecular complexity index is 671. The summed E-state index contributed by atoms with van der Waals surface area (Å²) in [5, 5.41) is 10.7. The molecular weight excluding hydrogens is 323 g/mol. The summed E-state index contributed by atoms with van der Waals surface area (Å²) in [5.41, 5.74) is 0.584. The van der Waals surface area contributed by atoms with Gasteiger partial charge in [-0.2, -0.15) is 0 Å². The number of aliphatic hydroxyl groups is 1. The van der Waals surface area contributed by atoms with Gasteiger partial charge in [-0.15, -0.1) is 0 Å². The third-order valence-electron chi connectivity index (χ3n) is 4.38. The van der Waals surface area contributed by atoms with Crippen molar-refractivity contribution in [1.29, 1.82) is 0 Å². The predicted octanol–water partition coefficient (Wildman–Crippen LogP) is 2.06. The van der Waals surface area contributed by atoms with E-state index >= 15 is 0 Å². The van der Waals surface area contributed by atoms with Crippen molar-refractivity contribution in [3.05, 3.63) is 60.7 Å². The molecule has 0 spiro atoms. The average molecular weight is 342 g/mol. The predicted molar refractivity (Wildman–Crippen MR) is 94.2 cm³/mol. The number of benzene rings is 2. The van der Waals surface area contributed by atoms with Crippen molar-refractivity contribution in [1.82, 2.24) is 0 Å². The van der Waals surface area contributed by atoms with E-state index in [1.165, 1.54) is 11.8 Å². The highest BCUT2D eigenvalue weighted by Gasteiger charge is 2.52. The molecule has 0 saturated carbocycles. The highest BCUT2D eigenvalue weighted by atomic mass is 32.2. The molecule has 2 aliphatic rings. The largest absolute Gasteiger partial charge is 0.494 e. The molecule has 4 rings (SSSR count). The van der Waals surface area contributed by atoms with Gasteiger partial charge in [-0.05, 0) is 24.5 Å². The molecule has 5 atom stereocenters. The smallest absolute Gasteiger partial charge is 0.399 e. The van der Waals surface area contributed by atoms with Crippen molar-refractivity contribution in [2.45, 2.75) is 41.7 Å². The molecule has 0 aliphatic carbocycles. The summed E-state index contributed by atoms with van der Waals surface area (Å²) < 4.78 is 18.1. The summed E-state index contributed by atoms with van der Waals surface area (Å²) in [4.78, 5) is 1.06. The number of hydrogen-bond donors (Lipinski definition) is 1. The molecule has 0 radical (unpaired) electrons. The first-order chi connectivity index (χ1) is 11.7. The van der Waals surface area contributed by atoms with Crippen molar-refractivity contribution in [2.75, 3.05) is 0 Å². The molecule has 1 N–H and O–H groups in total. The number of rotatable bonds is 3.